The molecule has 1 aliphatic carbocycles. The summed E-state index contributed by atoms with van der Waals surface area (Å²) in [6, 6.07) is 0. The maximum Gasteiger partial charge on any atom is 0.161 e. The molecule has 178 valence electrons. The molecule has 1 aliphatic rings. The predicted octanol–water partition coefficient (Wildman–Crippen LogP) is 9.07. The first-order valence-corrected chi connectivity index (χ1v) is 14.0. The topological polar surface area (TPSA) is 37.3 Å². The number of carbonyl (C=O) groups excluding carboxylic acids is 1. The highest BCUT2D eigenvalue weighted by Gasteiger charge is 2.13. The van der Waals surface area contributed by atoms with Gasteiger partial charge >= 0.3 is 0 Å². The molecule has 0 spiro atoms. The number of rotatable bonds is 0. The lowest BCUT2D eigenvalue weighted by Gasteiger charge is -2.09. The van der Waals surface area contributed by atoms with Gasteiger partial charge in [0.25, 0.3) is 0 Å². The minimum absolute atomic E-state index is 0.0863. The summed E-state index contributed by atoms with van der Waals surface area (Å²) in [7, 11) is 0. The van der Waals surface area contributed by atoms with Crippen molar-refractivity contribution in [3.63, 3.8) is 0 Å². The molecule has 30 heavy (non-hydrogen) atoms. The first-order chi connectivity index (χ1) is 14.8. The Labute approximate surface area is 189 Å². The van der Waals surface area contributed by atoms with Crippen molar-refractivity contribution in [2.45, 2.75) is 173 Å². The number of aliphatic hydroxyl groups excluding tert-OH is 1. The van der Waals surface area contributed by atoms with Gasteiger partial charge < -0.3 is 5.11 Å². The molecular formula is C28H54O2. The molecule has 0 aromatic carbocycles. The van der Waals surface area contributed by atoms with Crippen molar-refractivity contribution < 1.29 is 9.90 Å². The van der Waals surface area contributed by atoms with E-state index in [4.69, 9.17) is 0 Å². The molecule has 1 unspecified atom stereocenters. The lowest BCUT2D eigenvalue weighted by atomic mass is 10.00. The third-order valence-electron chi connectivity index (χ3n) is 7.02. The van der Waals surface area contributed by atoms with Crippen molar-refractivity contribution in [3.8, 4) is 0 Å². The smallest absolute Gasteiger partial charge is 0.161 e. The molecule has 0 aliphatic heterocycles. The van der Waals surface area contributed by atoms with Crippen molar-refractivity contribution in [3.05, 3.63) is 0 Å². The summed E-state index contributed by atoms with van der Waals surface area (Å²) in [4.78, 5) is 12.1. The highest BCUT2D eigenvalue weighted by atomic mass is 16.3. The van der Waals surface area contributed by atoms with Gasteiger partial charge in [0, 0.05) is 6.42 Å². The third-order valence-corrected chi connectivity index (χ3v) is 7.02. The Kier molecular flexibility index (Phi) is 20.1. The van der Waals surface area contributed by atoms with Crippen LogP contribution in [0.15, 0.2) is 0 Å². The highest BCUT2D eigenvalue weighted by molar-refractivity contribution is 5.82. The Balaban J connectivity index is 2.13. The molecule has 0 saturated heterocycles. The molecule has 1 N–H and O–H groups in total. The summed E-state index contributed by atoms with van der Waals surface area (Å²) in [5.74, 6) is 0.0863. The van der Waals surface area contributed by atoms with Crippen LogP contribution in [0.3, 0.4) is 0 Å². The molecule has 1 atom stereocenters. The Morgan fingerprint density at radius 3 is 0.933 bits per heavy atom. The minimum Gasteiger partial charge on any atom is -0.385 e. The van der Waals surface area contributed by atoms with Gasteiger partial charge in [0.15, 0.2) is 5.78 Å². The first kappa shape index (κ1) is 27.7. The second-order valence-electron chi connectivity index (χ2n) is 10.0. The van der Waals surface area contributed by atoms with E-state index in [0.717, 1.165) is 19.3 Å². The molecule has 0 radical (unpaired) electrons. The van der Waals surface area contributed by atoms with Crippen LogP contribution in [-0.4, -0.2) is 17.0 Å². The summed E-state index contributed by atoms with van der Waals surface area (Å²) < 4.78 is 0. The van der Waals surface area contributed by atoms with Gasteiger partial charge in [-0.05, 0) is 12.8 Å². The van der Waals surface area contributed by atoms with Gasteiger partial charge in [0.05, 0.1) is 0 Å². The molecule has 1 saturated carbocycles. The maximum atomic E-state index is 12.1. The van der Waals surface area contributed by atoms with Crippen LogP contribution in [0.1, 0.15) is 167 Å². The van der Waals surface area contributed by atoms with Crippen LogP contribution in [0.5, 0.6) is 0 Å². The van der Waals surface area contributed by atoms with Crippen LogP contribution >= 0.6 is 0 Å². The fraction of sp³-hybridized carbons (Fsp3) is 0.964. The number of Topliss-reactive ketones (excluding diaryl/α,β-unsaturated/α-hetero) is 1. The summed E-state index contributed by atoms with van der Waals surface area (Å²) in [5.41, 5.74) is 0. The normalized spacial score (nSPS) is 25.8. The minimum atomic E-state index is -0.697. The predicted molar refractivity (Wildman–Crippen MR) is 131 cm³/mol. The third kappa shape index (κ3) is 18.4. The second-order valence-corrected chi connectivity index (χ2v) is 10.0. The number of aliphatic hydroxyl groups is 1. The van der Waals surface area contributed by atoms with Crippen molar-refractivity contribution in [1.82, 2.24) is 0 Å². The molecule has 2 heteroatoms. The molecule has 2 nitrogen and oxygen atoms in total. The summed E-state index contributed by atoms with van der Waals surface area (Å²) in [6.45, 7) is 0. The van der Waals surface area contributed by atoms with Crippen LogP contribution in [0.25, 0.3) is 0 Å². The highest BCUT2D eigenvalue weighted by Crippen LogP contribution is 2.17. The molecule has 1 fully saturated rings. The Bertz CT molecular complexity index is 366. The van der Waals surface area contributed by atoms with E-state index in [2.05, 4.69) is 0 Å². The van der Waals surface area contributed by atoms with Gasteiger partial charge in [-0.1, -0.05) is 148 Å². The van der Waals surface area contributed by atoms with Crippen LogP contribution in [0.2, 0.25) is 0 Å². The van der Waals surface area contributed by atoms with E-state index in [-0.39, 0.29) is 5.78 Å². The number of hydrogen-bond acceptors (Lipinski definition) is 2. The summed E-state index contributed by atoms with van der Waals surface area (Å²) in [5, 5.41) is 10.1. The van der Waals surface area contributed by atoms with Crippen LogP contribution in [0.4, 0.5) is 0 Å². The first-order valence-electron chi connectivity index (χ1n) is 14.0. The van der Waals surface area contributed by atoms with Gasteiger partial charge in [0.1, 0.15) is 6.10 Å². The van der Waals surface area contributed by atoms with E-state index in [1.165, 1.54) is 135 Å². The fourth-order valence-corrected chi connectivity index (χ4v) is 4.85. The molecule has 0 aromatic rings. The zero-order valence-electron chi connectivity index (χ0n) is 20.3. The van der Waals surface area contributed by atoms with Crippen LogP contribution in [0, 0.1) is 0 Å². The largest absolute Gasteiger partial charge is 0.385 e. The quantitative estimate of drug-likeness (QED) is 0.422. The zero-order chi connectivity index (χ0) is 21.5. The van der Waals surface area contributed by atoms with Crippen molar-refractivity contribution in [2.75, 3.05) is 0 Å². The van der Waals surface area contributed by atoms with E-state index >= 15 is 0 Å². The maximum absolute atomic E-state index is 12.1. The SMILES string of the molecule is O=C1CCCCCCCCCCCCCCCCCCCCCCCCCCC1O. The van der Waals surface area contributed by atoms with Crippen molar-refractivity contribution in [1.29, 1.82) is 0 Å². The summed E-state index contributed by atoms with van der Waals surface area (Å²) >= 11 is 0. The van der Waals surface area contributed by atoms with Crippen LogP contribution in [-0.2, 0) is 4.79 Å². The van der Waals surface area contributed by atoms with Gasteiger partial charge in [-0.3, -0.25) is 4.79 Å². The number of ketones is 1. The lowest BCUT2D eigenvalue weighted by Crippen LogP contribution is -2.19. The van der Waals surface area contributed by atoms with E-state index in [1.54, 1.807) is 0 Å². The molecule has 0 bridgehead atoms. The summed E-state index contributed by atoms with van der Waals surface area (Å²) in [6.07, 6.45) is 32.8. The number of carbonyl (C=O) groups is 1. The Morgan fingerprint density at radius 1 is 0.400 bits per heavy atom. The molecular weight excluding hydrogens is 368 g/mol. The Hall–Kier alpha value is -0.370. The standard InChI is InChI=1S/C28H54O2/c29-27-25-23-21-19-17-15-13-11-9-7-5-3-1-2-4-6-8-10-12-14-16-18-20-22-24-26-28(27)30/h27,29H,1-26H2. The van der Waals surface area contributed by atoms with Gasteiger partial charge in [0.2, 0.25) is 0 Å². The van der Waals surface area contributed by atoms with Gasteiger partial charge in [-0.15, -0.1) is 0 Å². The second kappa shape index (κ2) is 21.8. The van der Waals surface area contributed by atoms with Crippen LogP contribution < -0.4 is 0 Å². The monoisotopic (exact) mass is 422 g/mol. The van der Waals surface area contributed by atoms with Crippen molar-refractivity contribution >= 4 is 5.78 Å². The molecule has 0 amide bonds. The molecule has 1 rings (SSSR count). The zero-order valence-corrected chi connectivity index (χ0v) is 20.3. The fourth-order valence-electron chi connectivity index (χ4n) is 4.85. The number of hydrogen-bond donors (Lipinski definition) is 1. The van der Waals surface area contributed by atoms with E-state index < -0.39 is 6.10 Å². The van der Waals surface area contributed by atoms with Crippen molar-refractivity contribution in [2.24, 2.45) is 0 Å². The average molecular weight is 423 g/mol. The van der Waals surface area contributed by atoms with Gasteiger partial charge in [-0.25, -0.2) is 0 Å². The van der Waals surface area contributed by atoms with E-state index in [1.807, 2.05) is 0 Å². The van der Waals surface area contributed by atoms with E-state index in [0.29, 0.717) is 12.8 Å². The molecule has 0 aromatic heterocycles. The Morgan fingerprint density at radius 2 is 0.633 bits per heavy atom. The lowest BCUT2D eigenvalue weighted by molar-refractivity contribution is -0.127. The average Bonchev–Trinajstić information content (AvgIpc) is 2.75. The van der Waals surface area contributed by atoms with E-state index in [9.17, 15) is 9.90 Å². The molecule has 0 heterocycles. The van der Waals surface area contributed by atoms with Gasteiger partial charge in [-0.2, -0.15) is 0 Å².